The van der Waals surface area contributed by atoms with E-state index in [0.29, 0.717) is 23.6 Å². The molecular weight excluding hydrogens is 318 g/mol. The summed E-state index contributed by atoms with van der Waals surface area (Å²) < 4.78 is 31.8. The summed E-state index contributed by atoms with van der Waals surface area (Å²) >= 11 is 0. The predicted octanol–water partition coefficient (Wildman–Crippen LogP) is 3.53. The number of aromatic nitrogens is 1. The van der Waals surface area contributed by atoms with E-state index in [2.05, 4.69) is 9.72 Å². The number of aromatic amines is 1. The number of H-pyrrole nitrogens is 1. The molecule has 0 aliphatic carbocycles. The maximum Gasteiger partial charge on any atom is 0.340 e. The summed E-state index contributed by atoms with van der Waals surface area (Å²) in [6.45, 7) is 0. The van der Waals surface area contributed by atoms with Crippen LogP contribution in [0.15, 0.2) is 42.6 Å². The first-order valence-electron chi connectivity index (χ1n) is 6.94. The van der Waals surface area contributed by atoms with Crippen LogP contribution in [0.5, 0.6) is 0 Å². The lowest BCUT2D eigenvalue weighted by molar-refractivity contribution is -0.106. The Labute approximate surface area is 135 Å². The normalized spacial score (nSPS) is 10.6. The molecule has 0 fully saturated rings. The second-order valence-electron chi connectivity index (χ2n) is 4.97. The molecule has 0 aliphatic rings. The Kier molecular flexibility index (Phi) is 3.99. The summed E-state index contributed by atoms with van der Waals surface area (Å²) in [5, 5.41) is 0.685. The van der Waals surface area contributed by atoms with Crippen molar-refractivity contribution in [2.24, 2.45) is 0 Å². The minimum absolute atomic E-state index is 0.111. The smallest absolute Gasteiger partial charge is 0.340 e. The standard InChI is InChI=1S/C17H12F2N2O3/c1-24-17(23)11-6-12(18)13(19)7-15(11)21(9-22)16-8-20-14-5-3-2-4-10(14)16/h2-9,20H,1H3. The first-order chi connectivity index (χ1) is 11.6. The van der Waals surface area contributed by atoms with Gasteiger partial charge >= 0.3 is 5.97 Å². The molecule has 0 atom stereocenters. The third-order valence-electron chi connectivity index (χ3n) is 3.64. The van der Waals surface area contributed by atoms with Crippen LogP contribution in [0.25, 0.3) is 10.9 Å². The largest absolute Gasteiger partial charge is 0.465 e. The van der Waals surface area contributed by atoms with Crippen molar-refractivity contribution >= 4 is 34.7 Å². The van der Waals surface area contributed by atoms with E-state index in [1.807, 2.05) is 6.07 Å². The molecule has 1 aromatic heterocycles. The van der Waals surface area contributed by atoms with E-state index in [1.54, 1.807) is 24.4 Å². The van der Waals surface area contributed by atoms with E-state index in [-0.39, 0.29) is 11.3 Å². The molecule has 0 bridgehead atoms. The van der Waals surface area contributed by atoms with E-state index in [1.165, 1.54) is 0 Å². The second-order valence-corrected chi connectivity index (χ2v) is 4.97. The number of halogens is 2. The number of hydrogen-bond acceptors (Lipinski definition) is 3. The topological polar surface area (TPSA) is 62.4 Å². The summed E-state index contributed by atoms with van der Waals surface area (Å²) in [5.74, 6) is -3.26. The molecule has 0 saturated heterocycles. The lowest BCUT2D eigenvalue weighted by atomic mass is 10.1. The van der Waals surface area contributed by atoms with Gasteiger partial charge in [-0.1, -0.05) is 18.2 Å². The van der Waals surface area contributed by atoms with Crippen molar-refractivity contribution in [3.63, 3.8) is 0 Å². The van der Waals surface area contributed by atoms with Gasteiger partial charge in [-0.25, -0.2) is 13.6 Å². The Morgan fingerprint density at radius 3 is 2.58 bits per heavy atom. The second kappa shape index (κ2) is 6.11. The first-order valence-corrected chi connectivity index (χ1v) is 6.94. The van der Waals surface area contributed by atoms with E-state index in [4.69, 9.17) is 0 Å². The van der Waals surface area contributed by atoms with Crippen molar-refractivity contribution < 1.29 is 23.1 Å². The number of ether oxygens (including phenoxy) is 1. The van der Waals surface area contributed by atoms with Crippen molar-refractivity contribution in [1.29, 1.82) is 0 Å². The van der Waals surface area contributed by atoms with Crippen LogP contribution in [-0.2, 0) is 9.53 Å². The van der Waals surface area contributed by atoms with Gasteiger partial charge in [-0.05, 0) is 12.1 Å². The van der Waals surface area contributed by atoms with Crippen molar-refractivity contribution in [2.45, 2.75) is 0 Å². The molecule has 7 heteroatoms. The zero-order valence-electron chi connectivity index (χ0n) is 12.5. The third-order valence-corrected chi connectivity index (χ3v) is 3.64. The molecule has 1 N–H and O–H groups in total. The summed E-state index contributed by atoms with van der Waals surface area (Å²) in [7, 11) is 1.12. The molecule has 0 saturated carbocycles. The minimum Gasteiger partial charge on any atom is -0.465 e. The molecule has 2 aromatic carbocycles. The number of benzene rings is 2. The predicted molar refractivity (Wildman–Crippen MR) is 84.2 cm³/mol. The average molecular weight is 330 g/mol. The van der Waals surface area contributed by atoms with Gasteiger partial charge in [0.1, 0.15) is 0 Å². The molecule has 1 heterocycles. The quantitative estimate of drug-likeness (QED) is 0.588. The summed E-state index contributed by atoms with van der Waals surface area (Å²) in [6.07, 6.45) is 1.97. The maximum atomic E-state index is 13.7. The third kappa shape index (κ3) is 2.50. The van der Waals surface area contributed by atoms with Crippen molar-refractivity contribution in [2.75, 3.05) is 12.0 Å². The van der Waals surface area contributed by atoms with Crippen molar-refractivity contribution in [1.82, 2.24) is 4.98 Å². The molecule has 1 amide bonds. The molecule has 24 heavy (non-hydrogen) atoms. The minimum atomic E-state index is -1.20. The highest BCUT2D eigenvalue weighted by Gasteiger charge is 2.23. The molecular formula is C17H12F2N2O3. The summed E-state index contributed by atoms with van der Waals surface area (Å²) in [4.78, 5) is 27.6. The van der Waals surface area contributed by atoms with E-state index in [0.717, 1.165) is 23.6 Å². The van der Waals surface area contributed by atoms with Gasteiger partial charge in [0.15, 0.2) is 11.6 Å². The Bertz CT molecular complexity index is 937. The molecule has 0 unspecified atom stereocenters. The SMILES string of the molecule is COC(=O)c1cc(F)c(F)cc1N(C=O)c1c[nH]c2ccccc12. The molecule has 5 nitrogen and oxygen atoms in total. The lowest BCUT2D eigenvalue weighted by Crippen LogP contribution is -2.19. The van der Waals surface area contributed by atoms with E-state index >= 15 is 0 Å². The van der Waals surface area contributed by atoms with Crippen LogP contribution < -0.4 is 4.90 Å². The van der Waals surface area contributed by atoms with Crippen LogP contribution >= 0.6 is 0 Å². The zero-order chi connectivity index (χ0) is 17.3. The number of para-hydroxylation sites is 1. The molecule has 0 spiro atoms. The molecule has 0 radical (unpaired) electrons. The fraction of sp³-hybridized carbons (Fsp3) is 0.0588. The number of methoxy groups -OCH3 is 1. The van der Waals surface area contributed by atoms with Crippen molar-refractivity contribution in [3.8, 4) is 0 Å². The zero-order valence-corrected chi connectivity index (χ0v) is 12.5. The number of carbonyl (C=O) groups excluding carboxylic acids is 2. The number of amides is 1. The van der Waals surface area contributed by atoms with Crippen LogP contribution in [0.3, 0.4) is 0 Å². The lowest BCUT2D eigenvalue weighted by Gasteiger charge is -2.19. The van der Waals surface area contributed by atoms with Gasteiger partial charge in [-0.3, -0.25) is 9.69 Å². The van der Waals surface area contributed by atoms with Crippen LogP contribution in [0.2, 0.25) is 0 Å². The van der Waals surface area contributed by atoms with Gasteiger partial charge in [0.25, 0.3) is 0 Å². The van der Waals surface area contributed by atoms with Crippen molar-refractivity contribution in [3.05, 3.63) is 59.8 Å². The summed E-state index contributed by atoms with van der Waals surface area (Å²) in [5.41, 5.74) is 0.785. The molecule has 3 rings (SSSR count). The highest BCUT2D eigenvalue weighted by molar-refractivity contribution is 6.06. The van der Waals surface area contributed by atoms with E-state index in [9.17, 15) is 18.4 Å². The highest BCUT2D eigenvalue weighted by Crippen LogP contribution is 2.34. The monoisotopic (exact) mass is 330 g/mol. The van der Waals surface area contributed by atoms with Crippen LogP contribution in [0.4, 0.5) is 20.2 Å². The van der Waals surface area contributed by atoms with Gasteiger partial charge in [0.2, 0.25) is 6.41 Å². The fourth-order valence-electron chi connectivity index (χ4n) is 2.51. The average Bonchev–Trinajstić information content (AvgIpc) is 3.02. The molecule has 122 valence electrons. The van der Waals surface area contributed by atoms with Gasteiger partial charge in [0, 0.05) is 23.2 Å². The van der Waals surface area contributed by atoms with Crippen LogP contribution in [0, 0.1) is 11.6 Å². The molecule has 0 aliphatic heterocycles. The Morgan fingerprint density at radius 1 is 1.17 bits per heavy atom. The number of anilines is 2. The number of nitrogens with zero attached hydrogens (tertiary/aromatic N) is 1. The number of hydrogen-bond donors (Lipinski definition) is 1. The number of fused-ring (bicyclic) bond motifs is 1. The number of carbonyl (C=O) groups is 2. The van der Waals surface area contributed by atoms with Gasteiger partial charge in [0.05, 0.1) is 24.0 Å². The van der Waals surface area contributed by atoms with Crippen LogP contribution in [-0.4, -0.2) is 24.5 Å². The van der Waals surface area contributed by atoms with Gasteiger partial charge in [-0.15, -0.1) is 0 Å². The molecule has 3 aromatic rings. The number of rotatable bonds is 4. The Morgan fingerprint density at radius 2 is 1.88 bits per heavy atom. The Balaban J connectivity index is 2.23. The fourth-order valence-corrected chi connectivity index (χ4v) is 2.51. The first kappa shape index (κ1) is 15.7. The highest BCUT2D eigenvalue weighted by atomic mass is 19.2. The maximum absolute atomic E-state index is 13.7. The number of esters is 1. The van der Waals surface area contributed by atoms with E-state index < -0.39 is 17.6 Å². The van der Waals surface area contributed by atoms with Gasteiger partial charge in [-0.2, -0.15) is 0 Å². The Hall–Kier alpha value is -3.22. The number of nitrogens with one attached hydrogen (secondary N) is 1. The summed E-state index contributed by atoms with van der Waals surface area (Å²) in [6, 6.07) is 8.64. The van der Waals surface area contributed by atoms with Gasteiger partial charge < -0.3 is 9.72 Å². The van der Waals surface area contributed by atoms with Crippen LogP contribution in [0.1, 0.15) is 10.4 Å².